The van der Waals surface area contributed by atoms with Crippen LogP contribution in [0.2, 0.25) is 0 Å². The van der Waals surface area contributed by atoms with Gasteiger partial charge in [0.1, 0.15) is 11.9 Å². The lowest BCUT2D eigenvalue weighted by Gasteiger charge is -2.33. The normalized spacial score (nSPS) is 19.3. The number of benzene rings is 1. The highest BCUT2D eigenvalue weighted by Gasteiger charge is 2.27. The number of morpholine rings is 1. The van der Waals surface area contributed by atoms with Crippen LogP contribution in [0.25, 0.3) is 0 Å². The Morgan fingerprint density at radius 1 is 1.19 bits per heavy atom. The Balaban J connectivity index is 1.51. The summed E-state index contributed by atoms with van der Waals surface area (Å²) in [5, 5.41) is 0. The summed E-state index contributed by atoms with van der Waals surface area (Å²) in [5.74, 6) is 0.991. The van der Waals surface area contributed by atoms with Crippen LogP contribution in [0.15, 0.2) is 36.4 Å². The van der Waals surface area contributed by atoms with Gasteiger partial charge in [-0.15, -0.1) is 0 Å². The number of carbonyl (C=O) groups is 1. The van der Waals surface area contributed by atoms with E-state index in [1.807, 2.05) is 48.2 Å². The molecule has 1 amide bonds. The maximum Gasteiger partial charge on any atom is 0.254 e. The second-order valence-corrected chi connectivity index (χ2v) is 7.26. The first-order valence-electron chi connectivity index (χ1n) is 9.29. The van der Waals surface area contributed by atoms with E-state index in [0.717, 1.165) is 29.9 Å². The van der Waals surface area contributed by atoms with Gasteiger partial charge >= 0.3 is 0 Å². The van der Waals surface area contributed by atoms with Gasteiger partial charge in [0.05, 0.1) is 18.8 Å². The van der Waals surface area contributed by atoms with Gasteiger partial charge < -0.3 is 14.5 Å². The van der Waals surface area contributed by atoms with Crippen LogP contribution < -0.4 is 4.90 Å². The van der Waals surface area contributed by atoms with Crippen LogP contribution in [0, 0.1) is 0 Å². The molecule has 1 aliphatic carbocycles. The number of anilines is 1. The molecule has 2 aromatic rings. The summed E-state index contributed by atoms with van der Waals surface area (Å²) in [6.07, 6.45) is 3.24. The van der Waals surface area contributed by atoms with Gasteiger partial charge in [0.15, 0.2) is 0 Å². The molecule has 5 nitrogen and oxygen atoms in total. The summed E-state index contributed by atoms with van der Waals surface area (Å²) < 4.78 is 5.91. The van der Waals surface area contributed by atoms with Crippen molar-refractivity contribution in [2.45, 2.75) is 25.4 Å². The van der Waals surface area contributed by atoms with Crippen molar-refractivity contribution in [2.24, 2.45) is 0 Å². The fourth-order valence-electron chi connectivity index (χ4n) is 3.77. The van der Waals surface area contributed by atoms with Gasteiger partial charge in [-0.3, -0.25) is 4.79 Å². The van der Waals surface area contributed by atoms with E-state index in [2.05, 4.69) is 17.1 Å². The van der Waals surface area contributed by atoms with Crippen LogP contribution in [0.4, 0.5) is 5.82 Å². The van der Waals surface area contributed by atoms with E-state index in [9.17, 15) is 4.79 Å². The predicted octanol–water partition coefficient (Wildman–Crippen LogP) is 2.85. The van der Waals surface area contributed by atoms with E-state index in [4.69, 9.17) is 4.74 Å². The van der Waals surface area contributed by atoms with Crippen molar-refractivity contribution < 1.29 is 9.53 Å². The summed E-state index contributed by atoms with van der Waals surface area (Å²) in [7, 11) is 3.94. The smallest absolute Gasteiger partial charge is 0.254 e. The molecule has 1 fully saturated rings. The molecule has 0 spiro atoms. The molecule has 1 saturated heterocycles. The number of aryl methyl sites for hydroxylation is 2. The minimum absolute atomic E-state index is 0.0942. The average Bonchev–Trinajstić information content (AvgIpc) is 3.15. The highest BCUT2D eigenvalue weighted by atomic mass is 16.5. The first-order chi connectivity index (χ1) is 12.6. The Morgan fingerprint density at radius 2 is 2.04 bits per heavy atom. The molecule has 0 saturated carbocycles. The predicted molar refractivity (Wildman–Crippen MR) is 102 cm³/mol. The highest BCUT2D eigenvalue weighted by Crippen LogP contribution is 2.26. The fourth-order valence-corrected chi connectivity index (χ4v) is 3.77. The van der Waals surface area contributed by atoms with E-state index < -0.39 is 0 Å². The quantitative estimate of drug-likeness (QED) is 0.853. The van der Waals surface area contributed by atoms with Gasteiger partial charge in [-0.1, -0.05) is 12.1 Å². The number of aromatic nitrogens is 1. The summed E-state index contributed by atoms with van der Waals surface area (Å²) in [6.45, 7) is 1.70. The molecular weight excluding hydrogens is 326 g/mol. The first-order valence-corrected chi connectivity index (χ1v) is 9.29. The van der Waals surface area contributed by atoms with Crippen molar-refractivity contribution in [3.8, 4) is 0 Å². The lowest BCUT2D eigenvalue weighted by molar-refractivity contribution is -0.0246. The maximum absolute atomic E-state index is 13.0. The Hall–Kier alpha value is -2.40. The number of carbonyl (C=O) groups excluding carboxylic acids is 1. The molecule has 0 N–H and O–H groups in total. The van der Waals surface area contributed by atoms with Crippen molar-refractivity contribution in [1.82, 2.24) is 9.88 Å². The Morgan fingerprint density at radius 3 is 2.88 bits per heavy atom. The van der Waals surface area contributed by atoms with Gasteiger partial charge in [0, 0.05) is 26.2 Å². The standard InChI is InChI=1S/C21H25N3O2/c1-23(2)20-8-4-7-18(22-20)19-14-24(11-12-26-19)21(25)17-10-9-15-5-3-6-16(15)13-17/h4,7-10,13,19H,3,5-6,11-12,14H2,1-2H3/t19-/m1/s1. The van der Waals surface area contributed by atoms with Crippen molar-refractivity contribution >= 4 is 11.7 Å². The molecule has 136 valence electrons. The SMILES string of the molecule is CN(C)c1cccc([C@H]2CN(C(=O)c3ccc4c(c3)CCC4)CCO2)n1. The molecule has 0 bridgehead atoms. The highest BCUT2D eigenvalue weighted by molar-refractivity contribution is 5.94. The van der Waals surface area contributed by atoms with Gasteiger partial charge in [-0.2, -0.15) is 0 Å². The first kappa shape index (κ1) is 17.0. The zero-order valence-electron chi connectivity index (χ0n) is 15.4. The fraction of sp³-hybridized carbons (Fsp3) is 0.429. The molecule has 4 rings (SSSR count). The molecule has 1 aromatic heterocycles. The van der Waals surface area contributed by atoms with Crippen molar-refractivity contribution in [3.63, 3.8) is 0 Å². The second kappa shape index (κ2) is 7.08. The van der Waals surface area contributed by atoms with Gasteiger partial charge in [-0.05, 0) is 54.7 Å². The lowest BCUT2D eigenvalue weighted by Crippen LogP contribution is -2.42. The molecule has 2 aliphatic rings. The van der Waals surface area contributed by atoms with E-state index in [1.165, 1.54) is 17.5 Å². The van der Waals surface area contributed by atoms with Crippen LogP contribution in [-0.2, 0) is 17.6 Å². The third-order valence-corrected chi connectivity index (χ3v) is 5.24. The number of hydrogen-bond acceptors (Lipinski definition) is 4. The van der Waals surface area contributed by atoms with Crippen LogP contribution >= 0.6 is 0 Å². The number of pyridine rings is 1. The van der Waals surface area contributed by atoms with Crippen molar-refractivity contribution in [2.75, 3.05) is 38.7 Å². The minimum Gasteiger partial charge on any atom is -0.368 e. The van der Waals surface area contributed by atoms with Crippen LogP contribution in [0.3, 0.4) is 0 Å². The molecule has 2 heterocycles. The number of ether oxygens (including phenoxy) is 1. The maximum atomic E-state index is 13.0. The second-order valence-electron chi connectivity index (χ2n) is 7.26. The number of rotatable bonds is 3. The monoisotopic (exact) mass is 351 g/mol. The average molecular weight is 351 g/mol. The Bertz CT molecular complexity index is 819. The summed E-state index contributed by atoms with van der Waals surface area (Å²) in [4.78, 5) is 21.5. The van der Waals surface area contributed by atoms with Crippen LogP contribution in [0.5, 0.6) is 0 Å². The van der Waals surface area contributed by atoms with Crippen molar-refractivity contribution in [3.05, 3.63) is 58.8 Å². The van der Waals surface area contributed by atoms with Gasteiger partial charge in [-0.25, -0.2) is 4.98 Å². The zero-order chi connectivity index (χ0) is 18.1. The number of fused-ring (bicyclic) bond motifs is 1. The third kappa shape index (κ3) is 3.31. The van der Waals surface area contributed by atoms with Gasteiger partial charge in [0.25, 0.3) is 5.91 Å². The number of nitrogens with zero attached hydrogens (tertiary/aromatic N) is 3. The molecule has 1 atom stereocenters. The molecule has 1 aromatic carbocycles. The Kier molecular flexibility index (Phi) is 4.64. The summed E-state index contributed by atoms with van der Waals surface area (Å²) >= 11 is 0. The van der Waals surface area contributed by atoms with Crippen molar-refractivity contribution in [1.29, 1.82) is 0 Å². The number of hydrogen-bond donors (Lipinski definition) is 0. The molecule has 1 aliphatic heterocycles. The van der Waals surface area contributed by atoms with Gasteiger partial charge in [0.2, 0.25) is 0 Å². The van der Waals surface area contributed by atoms with Crippen LogP contribution in [0.1, 0.15) is 39.7 Å². The van der Waals surface area contributed by atoms with E-state index in [-0.39, 0.29) is 12.0 Å². The minimum atomic E-state index is -0.179. The third-order valence-electron chi connectivity index (χ3n) is 5.24. The largest absolute Gasteiger partial charge is 0.368 e. The summed E-state index contributed by atoms with van der Waals surface area (Å²) in [5.41, 5.74) is 4.40. The van der Waals surface area contributed by atoms with Crippen LogP contribution in [-0.4, -0.2) is 49.6 Å². The molecule has 0 unspecified atom stereocenters. The topological polar surface area (TPSA) is 45.7 Å². The van der Waals surface area contributed by atoms with E-state index >= 15 is 0 Å². The zero-order valence-corrected chi connectivity index (χ0v) is 15.4. The van der Waals surface area contributed by atoms with E-state index in [0.29, 0.717) is 19.7 Å². The lowest BCUT2D eigenvalue weighted by atomic mass is 10.0. The van der Waals surface area contributed by atoms with E-state index in [1.54, 1.807) is 0 Å². The molecule has 5 heteroatoms. The molecule has 0 radical (unpaired) electrons. The Labute approximate surface area is 154 Å². The summed E-state index contributed by atoms with van der Waals surface area (Å²) in [6, 6.07) is 12.1. The number of amides is 1. The molecular formula is C21H25N3O2. The molecule has 26 heavy (non-hydrogen) atoms.